The van der Waals surface area contributed by atoms with E-state index in [2.05, 4.69) is 21.6 Å². The topological polar surface area (TPSA) is 73.9 Å². The van der Waals surface area contributed by atoms with E-state index in [0.29, 0.717) is 25.3 Å². The van der Waals surface area contributed by atoms with Crippen LogP contribution in [0.15, 0.2) is 48.5 Å². The standard InChI is InChI=1S/C29H40N4O3/c1-2-36-27-14-12-26(13-15-27)31-29(35)33-20-7-11-25(22-33)23-9-6-10-24(21-23)28(34)30-16-8-19-32-17-4-3-5-18-32/h6,9-10,12-15,21,25H,2-5,7-8,11,16-20,22H2,1H3,(H,30,34)(H,31,35). The number of hydrogen-bond acceptors (Lipinski definition) is 4. The molecule has 1 unspecified atom stereocenters. The molecule has 2 aliphatic heterocycles. The van der Waals surface area contributed by atoms with Gasteiger partial charge < -0.3 is 25.2 Å². The minimum atomic E-state index is -0.0912. The van der Waals surface area contributed by atoms with Crippen molar-refractivity contribution in [2.24, 2.45) is 0 Å². The molecule has 0 radical (unpaired) electrons. The monoisotopic (exact) mass is 492 g/mol. The largest absolute Gasteiger partial charge is 0.494 e. The Hall–Kier alpha value is -3.06. The lowest BCUT2D eigenvalue weighted by atomic mass is 9.89. The van der Waals surface area contributed by atoms with Gasteiger partial charge in [-0.15, -0.1) is 0 Å². The Morgan fingerprint density at radius 1 is 1.00 bits per heavy atom. The highest BCUT2D eigenvalue weighted by Gasteiger charge is 2.25. The summed E-state index contributed by atoms with van der Waals surface area (Å²) in [4.78, 5) is 30.0. The summed E-state index contributed by atoms with van der Waals surface area (Å²) >= 11 is 0. The lowest BCUT2D eigenvalue weighted by molar-refractivity contribution is 0.0950. The molecule has 0 saturated carbocycles. The van der Waals surface area contributed by atoms with E-state index < -0.39 is 0 Å². The molecule has 0 spiro atoms. The number of benzene rings is 2. The van der Waals surface area contributed by atoms with Crippen molar-refractivity contribution in [2.75, 3.05) is 51.2 Å². The number of rotatable bonds is 9. The molecule has 2 aromatic rings. The maximum Gasteiger partial charge on any atom is 0.321 e. The van der Waals surface area contributed by atoms with E-state index in [1.54, 1.807) is 0 Å². The molecular formula is C29H40N4O3. The number of anilines is 1. The number of carbonyl (C=O) groups is 2. The maximum absolute atomic E-state index is 12.9. The van der Waals surface area contributed by atoms with Gasteiger partial charge in [0.25, 0.3) is 5.91 Å². The fourth-order valence-electron chi connectivity index (χ4n) is 5.16. The number of ether oxygens (including phenoxy) is 1. The van der Waals surface area contributed by atoms with Gasteiger partial charge >= 0.3 is 6.03 Å². The van der Waals surface area contributed by atoms with Crippen LogP contribution < -0.4 is 15.4 Å². The molecule has 2 aliphatic rings. The second kappa shape index (κ2) is 13.3. The highest BCUT2D eigenvalue weighted by atomic mass is 16.5. The van der Waals surface area contributed by atoms with Crippen molar-refractivity contribution >= 4 is 17.6 Å². The first-order valence-corrected chi connectivity index (χ1v) is 13.5. The van der Waals surface area contributed by atoms with E-state index in [0.717, 1.165) is 49.4 Å². The van der Waals surface area contributed by atoms with Gasteiger partial charge in [-0.2, -0.15) is 0 Å². The fraction of sp³-hybridized carbons (Fsp3) is 0.517. The predicted molar refractivity (Wildman–Crippen MR) is 144 cm³/mol. The van der Waals surface area contributed by atoms with Gasteiger partial charge in [0.2, 0.25) is 0 Å². The summed E-state index contributed by atoms with van der Waals surface area (Å²) in [5.74, 6) is 0.993. The molecule has 1 atom stereocenters. The third-order valence-corrected chi connectivity index (χ3v) is 7.13. The van der Waals surface area contributed by atoms with E-state index >= 15 is 0 Å². The maximum atomic E-state index is 12.9. The van der Waals surface area contributed by atoms with Crippen LogP contribution in [0.5, 0.6) is 5.75 Å². The van der Waals surface area contributed by atoms with E-state index in [9.17, 15) is 9.59 Å². The Labute approximate surface area is 215 Å². The lowest BCUT2D eigenvalue weighted by Crippen LogP contribution is -2.41. The first-order chi connectivity index (χ1) is 17.6. The number of carbonyl (C=O) groups excluding carboxylic acids is 2. The van der Waals surface area contributed by atoms with Crippen LogP contribution in [0.3, 0.4) is 0 Å². The van der Waals surface area contributed by atoms with E-state index in [1.165, 1.54) is 32.4 Å². The van der Waals surface area contributed by atoms with Crippen LogP contribution in [0.25, 0.3) is 0 Å². The van der Waals surface area contributed by atoms with Crippen LogP contribution in [0.4, 0.5) is 10.5 Å². The molecule has 2 saturated heterocycles. The summed E-state index contributed by atoms with van der Waals surface area (Å²) < 4.78 is 5.47. The van der Waals surface area contributed by atoms with Crippen LogP contribution >= 0.6 is 0 Å². The van der Waals surface area contributed by atoms with Crippen molar-refractivity contribution in [1.29, 1.82) is 0 Å². The summed E-state index contributed by atoms with van der Waals surface area (Å²) in [7, 11) is 0. The molecule has 0 bridgehead atoms. The molecule has 2 N–H and O–H groups in total. The fourth-order valence-corrected chi connectivity index (χ4v) is 5.16. The Bertz CT molecular complexity index is 988. The van der Waals surface area contributed by atoms with Crippen molar-refractivity contribution in [3.8, 4) is 5.75 Å². The zero-order valence-corrected chi connectivity index (χ0v) is 21.5. The zero-order valence-electron chi connectivity index (χ0n) is 21.5. The molecule has 2 aromatic carbocycles. The van der Waals surface area contributed by atoms with E-state index in [4.69, 9.17) is 4.74 Å². The minimum Gasteiger partial charge on any atom is -0.494 e. The molecule has 0 aromatic heterocycles. The zero-order chi connectivity index (χ0) is 25.2. The van der Waals surface area contributed by atoms with Crippen LogP contribution in [0.2, 0.25) is 0 Å². The summed E-state index contributed by atoms with van der Waals surface area (Å²) in [6, 6.07) is 15.3. The average molecular weight is 493 g/mol. The number of likely N-dealkylation sites (tertiary alicyclic amines) is 2. The molecule has 36 heavy (non-hydrogen) atoms. The van der Waals surface area contributed by atoms with Crippen LogP contribution in [0.1, 0.15) is 67.3 Å². The highest BCUT2D eigenvalue weighted by molar-refractivity contribution is 5.94. The van der Waals surface area contributed by atoms with Gasteiger partial charge in [-0.25, -0.2) is 4.79 Å². The van der Waals surface area contributed by atoms with Gasteiger partial charge in [-0.1, -0.05) is 18.6 Å². The second-order valence-corrected chi connectivity index (χ2v) is 9.81. The highest BCUT2D eigenvalue weighted by Crippen LogP contribution is 2.28. The molecule has 4 rings (SSSR count). The van der Waals surface area contributed by atoms with Crippen molar-refractivity contribution < 1.29 is 14.3 Å². The number of amides is 3. The quantitative estimate of drug-likeness (QED) is 0.478. The van der Waals surface area contributed by atoms with Crippen molar-refractivity contribution in [3.05, 3.63) is 59.7 Å². The van der Waals surface area contributed by atoms with Crippen LogP contribution in [-0.2, 0) is 0 Å². The molecule has 194 valence electrons. The van der Waals surface area contributed by atoms with Gasteiger partial charge in [0.05, 0.1) is 6.61 Å². The van der Waals surface area contributed by atoms with Gasteiger partial charge in [0, 0.05) is 36.8 Å². The summed E-state index contributed by atoms with van der Waals surface area (Å²) in [5.41, 5.74) is 2.57. The molecule has 0 aliphatic carbocycles. The smallest absolute Gasteiger partial charge is 0.321 e. The summed E-state index contributed by atoms with van der Waals surface area (Å²) in [6.45, 7) is 8.06. The number of hydrogen-bond donors (Lipinski definition) is 2. The SMILES string of the molecule is CCOc1ccc(NC(=O)N2CCCC(c3cccc(C(=O)NCCCN4CCCCC4)c3)C2)cc1. The van der Waals surface area contributed by atoms with Gasteiger partial charge in [0.15, 0.2) is 0 Å². The molecule has 2 fully saturated rings. The van der Waals surface area contributed by atoms with Gasteiger partial charge in [-0.3, -0.25) is 4.79 Å². The molecule has 3 amide bonds. The predicted octanol–water partition coefficient (Wildman–Crippen LogP) is 5.10. The number of nitrogens with zero attached hydrogens (tertiary/aromatic N) is 2. The third kappa shape index (κ3) is 7.47. The number of urea groups is 1. The number of nitrogens with one attached hydrogen (secondary N) is 2. The van der Waals surface area contributed by atoms with E-state index in [-0.39, 0.29) is 17.9 Å². The molecule has 7 heteroatoms. The number of piperidine rings is 2. The van der Waals surface area contributed by atoms with Crippen LogP contribution in [0, 0.1) is 0 Å². The Morgan fingerprint density at radius 3 is 2.58 bits per heavy atom. The average Bonchev–Trinajstić information content (AvgIpc) is 2.93. The molecule has 2 heterocycles. The Balaban J connectivity index is 1.27. The Kier molecular flexibility index (Phi) is 9.61. The van der Waals surface area contributed by atoms with Crippen molar-refractivity contribution in [3.63, 3.8) is 0 Å². The minimum absolute atomic E-state index is 0.0172. The van der Waals surface area contributed by atoms with Crippen molar-refractivity contribution in [2.45, 2.75) is 51.4 Å². The molecular weight excluding hydrogens is 452 g/mol. The lowest BCUT2D eigenvalue weighted by Gasteiger charge is -2.33. The summed E-state index contributed by atoms with van der Waals surface area (Å²) in [6.07, 6.45) is 6.85. The van der Waals surface area contributed by atoms with Crippen LogP contribution in [-0.4, -0.2) is 67.6 Å². The van der Waals surface area contributed by atoms with Gasteiger partial charge in [-0.05, 0) is 101 Å². The summed E-state index contributed by atoms with van der Waals surface area (Å²) in [5, 5.41) is 6.08. The van der Waals surface area contributed by atoms with Crippen molar-refractivity contribution in [1.82, 2.24) is 15.1 Å². The first kappa shape index (κ1) is 26.0. The van der Waals surface area contributed by atoms with E-state index in [1.807, 2.05) is 54.3 Å². The first-order valence-electron chi connectivity index (χ1n) is 13.5. The Morgan fingerprint density at radius 2 is 1.81 bits per heavy atom. The molecule has 7 nitrogen and oxygen atoms in total. The third-order valence-electron chi connectivity index (χ3n) is 7.13. The normalized spacial score (nSPS) is 18.5. The van der Waals surface area contributed by atoms with Gasteiger partial charge in [0.1, 0.15) is 5.75 Å². The second-order valence-electron chi connectivity index (χ2n) is 9.81.